The normalized spacial score (nSPS) is 14.3. The van der Waals surface area contributed by atoms with Crippen molar-refractivity contribution in [2.75, 3.05) is 6.61 Å². The van der Waals surface area contributed by atoms with Crippen LogP contribution in [0.4, 0.5) is 5.69 Å². The number of carbonyl (C=O) groups is 1. The van der Waals surface area contributed by atoms with Crippen LogP contribution < -0.4 is 19.9 Å². The smallest absolute Gasteiger partial charge is 0.343 e. The Morgan fingerprint density at radius 3 is 2.61 bits per heavy atom. The minimum atomic E-state index is -0.685. The molecular weight excluding hydrogens is 462 g/mol. The number of nitrogens with zero attached hydrogens (tertiary/aromatic N) is 2. The molecule has 0 saturated carbocycles. The Labute approximate surface area is 207 Å². The van der Waals surface area contributed by atoms with Crippen molar-refractivity contribution in [2.24, 2.45) is 5.73 Å². The molecule has 9 nitrogen and oxygen atoms in total. The third-order valence-corrected chi connectivity index (χ3v) is 5.67. The van der Waals surface area contributed by atoms with E-state index in [4.69, 9.17) is 19.9 Å². The molecule has 4 rings (SSSR count). The number of nitro groups is 1. The highest BCUT2D eigenvalue weighted by Gasteiger charge is 2.31. The van der Waals surface area contributed by atoms with E-state index in [1.165, 1.54) is 30.3 Å². The van der Waals surface area contributed by atoms with E-state index in [0.29, 0.717) is 23.7 Å². The maximum absolute atomic E-state index is 12.5. The molecule has 0 bridgehead atoms. The maximum atomic E-state index is 12.5. The molecule has 1 aliphatic rings. The summed E-state index contributed by atoms with van der Waals surface area (Å²) in [6.07, 6.45) is 1.95. The first-order valence-electron chi connectivity index (χ1n) is 11.3. The van der Waals surface area contributed by atoms with Gasteiger partial charge in [0, 0.05) is 23.8 Å². The van der Waals surface area contributed by atoms with Crippen LogP contribution >= 0.6 is 0 Å². The molecule has 0 radical (unpaired) electrons. The van der Waals surface area contributed by atoms with E-state index in [2.05, 4.69) is 13.0 Å². The van der Waals surface area contributed by atoms with E-state index in [9.17, 15) is 20.2 Å². The number of fused-ring (bicyclic) bond motifs is 1. The average molecular weight is 485 g/mol. The Kier molecular flexibility index (Phi) is 7.16. The summed E-state index contributed by atoms with van der Waals surface area (Å²) in [7, 11) is 0. The van der Waals surface area contributed by atoms with Crippen molar-refractivity contribution in [3.63, 3.8) is 0 Å². The van der Waals surface area contributed by atoms with E-state index >= 15 is 0 Å². The third kappa shape index (κ3) is 5.13. The van der Waals surface area contributed by atoms with Gasteiger partial charge in [-0.1, -0.05) is 31.5 Å². The molecule has 1 unspecified atom stereocenters. The van der Waals surface area contributed by atoms with Gasteiger partial charge >= 0.3 is 5.97 Å². The summed E-state index contributed by atoms with van der Waals surface area (Å²) in [6.45, 7) is 2.68. The van der Waals surface area contributed by atoms with Gasteiger partial charge in [0.15, 0.2) is 0 Å². The molecule has 0 saturated heterocycles. The van der Waals surface area contributed by atoms with Gasteiger partial charge in [0.05, 0.1) is 23.0 Å². The quantitative estimate of drug-likeness (QED) is 0.151. The second kappa shape index (κ2) is 10.6. The van der Waals surface area contributed by atoms with Crippen LogP contribution in [0, 0.1) is 21.4 Å². The van der Waals surface area contributed by atoms with Crippen molar-refractivity contribution in [1.29, 1.82) is 5.26 Å². The maximum Gasteiger partial charge on any atom is 0.343 e. The highest BCUT2D eigenvalue weighted by atomic mass is 16.6. The zero-order valence-electron chi connectivity index (χ0n) is 19.5. The van der Waals surface area contributed by atoms with Crippen LogP contribution in [0.1, 0.15) is 47.2 Å². The molecule has 0 spiro atoms. The molecule has 1 heterocycles. The SMILES string of the molecule is CCCCOc1cccc(C2C(C#N)=C(N)Oc3cc(OC(=O)c4ccc([N+](=O)[O-])cc4)ccc32)c1. The minimum absolute atomic E-state index is 0.0360. The molecule has 0 aromatic heterocycles. The Bertz CT molecular complexity index is 1380. The fraction of sp³-hybridized carbons (Fsp3) is 0.185. The van der Waals surface area contributed by atoms with Crippen LogP contribution in [0.2, 0.25) is 0 Å². The van der Waals surface area contributed by atoms with Gasteiger partial charge in [-0.3, -0.25) is 10.1 Å². The number of carbonyl (C=O) groups excluding carboxylic acids is 1. The standard InChI is InChI=1S/C27H23N3O6/c1-2-3-13-34-20-6-4-5-18(14-20)25-22-12-11-21(15-24(22)36-26(29)23(25)16-28)35-27(31)17-7-9-19(10-8-17)30(32)33/h4-12,14-15,25H,2-3,13,29H2,1H3. The topological polar surface area (TPSA) is 138 Å². The first-order valence-corrected chi connectivity index (χ1v) is 11.3. The monoisotopic (exact) mass is 485 g/mol. The molecule has 3 aromatic carbocycles. The summed E-state index contributed by atoms with van der Waals surface area (Å²) in [5.74, 6) is 0.0245. The lowest BCUT2D eigenvalue weighted by Gasteiger charge is -2.27. The number of rotatable bonds is 8. The van der Waals surface area contributed by atoms with Crippen LogP contribution in [0.15, 0.2) is 78.2 Å². The number of non-ortho nitro benzene ring substituents is 1. The predicted octanol–water partition coefficient (Wildman–Crippen LogP) is 5.21. The fourth-order valence-electron chi connectivity index (χ4n) is 3.85. The van der Waals surface area contributed by atoms with Gasteiger partial charge in [0.2, 0.25) is 5.88 Å². The van der Waals surface area contributed by atoms with E-state index in [1.807, 2.05) is 24.3 Å². The van der Waals surface area contributed by atoms with Gasteiger partial charge in [-0.15, -0.1) is 0 Å². The highest BCUT2D eigenvalue weighted by Crippen LogP contribution is 2.44. The van der Waals surface area contributed by atoms with Gasteiger partial charge in [-0.05, 0) is 42.3 Å². The van der Waals surface area contributed by atoms with Crippen molar-refractivity contribution in [2.45, 2.75) is 25.7 Å². The van der Waals surface area contributed by atoms with Crippen LogP contribution in [0.5, 0.6) is 17.2 Å². The molecule has 182 valence electrons. The lowest BCUT2D eigenvalue weighted by atomic mass is 9.83. The van der Waals surface area contributed by atoms with Crippen LogP contribution in [-0.2, 0) is 0 Å². The summed E-state index contributed by atoms with van der Waals surface area (Å²) in [6, 6.07) is 19.6. The molecular formula is C27H23N3O6. The first-order chi connectivity index (χ1) is 17.4. The number of esters is 1. The number of nitro benzene ring substituents is 1. The van der Waals surface area contributed by atoms with E-state index in [1.54, 1.807) is 12.1 Å². The zero-order chi connectivity index (χ0) is 25.7. The number of nitriles is 1. The number of hydrogen-bond acceptors (Lipinski definition) is 8. The number of benzene rings is 3. The van der Waals surface area contributed by atoms with E-state index in [-0.39, 0.29) is 28.5 Å². The second-order valence-electron chi connectivity index (χ2n) is 8.09. The lowest BCUT2D eigenvalue weighted by Crippen LogP contribution is -2.21. The highest BCUT2D eigenvalue weighted by molar-refractivity contribution is 5.91. The number of allylic oxidation sites excluding steroid dienone is 1. The number of unbranched alkanes of at least 4 members (excludes halogenated alkanes) is 1. The van der Waals surface area contributed by atoms with Crippen LogP contribution in [0.3, 0.4) is 0 Å². The van der Waals surface area contributed by atoms with Crippen molar-refractivity contribution in [3.8, 4) is 23.3 Å². The molecule has 3 aromatic rings. The fourth-order valence-corrected chi connectivity index (χ4v) is 3.85. The predicted molar refractivity (Wildman–Crippen MR) is 131 cm³/mol. The molecule has 1 aliphatic heterocycles. The van der Waals surface area contributed by atoms with Gasteiger partial charge in [0.1, 0.15) is 28.9 Å². The number of hydrogen-bond donors (Lipinski definition) is 1. The van der Waals surface area contributed by atoms with E-state index < -0.39 is 16.8 Å². The summed E-state index contributed by atoms with van der Waals surface area (Å²) in [5.41, 5.74) is 7.87. The van der Waals surface area contributed by atoms with Crippen molar-refractivity contribution in [3.05, 3.63) is 105 Å². The third-order valence-electron chi connectivity index (χ3n) is 5.67. The van der Waals surface area contributed by atoms with Gasteiger partial charge in [-0.25, -0.2) is 4.79 Å². The van der Waals surface area contributed by atoms with Crippen molar-refractivity contribution < 1.29 is 23.9 Å². The molecule has 0 amide bonds. The Balaban J connectivity index is 1.61. The molecule has 36 heavy (non-hydrogen) atoms. The zero-order valence-corrected chi connectivity index (χ0v) is 19.5. The molecule has 2 N–H and O–H groups in total. The minimum Gasteiger partial charge on any atom is -0.494 e. The molecule has 1 atom stereocenters. The van der Waals surface area contributed by atoms with Crippen molar-refractivity contribution >= 4 is 11.7 Å². The number of nitrogens with two attached hydrogens (primary N) is 1. The van der Waals surface area contributed by atoms with Crippen LogP contribution in [-0.4, -0.2) is 17.5 Å². The largest absolute Gasteiger partial charge is 0.494 e. The van der Waals surface area contributed by atoms with Gasteiger partial charge in [0.25, 0.3) is 5.69 Å². The molecule has 0 aliphatic carbocycles. The van der Waals surface area contributed by atoms with E-state index in [0.717, 1.165) is 18.4 Å². The summed E-state index contributed by atoms with van der Waals surface area (Å²) in [4.78, 5) is 22.8. The summed E-state index contributed by atoms with van der Waals surface area (Å²) < 4.78 is 17.0. The number of ether oxygens (including phenoxy) is 3. The Morgan fingerprint density at radius 2 is 1.92 bits per heavy atom. The molecule has 9 heteroatoms. The summed E-state index contributed by atoms with van der Waals surface area (Å²) in [5, 5.41) is 20.6. The van der Waals surface area contributed by atoms with Gasteiger partial charge in [-0.2, -0.15) is 5.26 Å². The lowest BCUT2D eigenvalue weighted by molar-refractivity contribution is -0.384. The second-order valence-corrected chi connectivity index (χ2v) is 8.09. The first kappa shape index (κ1) is 24.3. The summed E-state index contributed by atoms with van der Waals surface area (Å²) >= 11 is 0. The molecule has 0 fully saturated rings. The van der Waals surface area contributed by atoms with Crippen molar-refractivity contribution in [1.82, 2.24) is 0 Å². The Hall–Kier alpha value is -4.84. The van der Waals surface area contributed by atoms with Crippen LogP contribution in [0.25, 0.3) is 0 Å². The van der Waals surface area contributed by atoms with Gasteiger partial charge < -0.3 is 19.9 Å². The average Bonchev–Trinajstić information content (AvgIpc) is 2.88. The Morgan fingerprint density at radius 1 is 1.14 bits per heavy atom.